The van der Waals surface area contributed by atoms with Gasteiger partial charge in [0.25, 0.3) is 0 Å². The summed E-state index contributed by atoms with van der Waals surface area (Å²) in [6, 6.07) is 0.513. The third-order valence-electron chi connectivity index (χ3n) is 3.52. The first-order valence-corrected chi connectivity index (χ1v) is 6.31. The molecule has 0 radical (unpaired) electrons. The van der Waals surface area contributed by atoms with Gasteiger partial charge >= 0.3 is 0 Å². The Morgan fingerprint density at radius 1 is 1.27 bits per heavy atom. The van der Waals surface area contributed by atoms with Crippen molar-refractivity contribution in [3.8, 4) is 0 Å². The first kappa shape index (κ1) is 10.9. The molecule has 0 aromatic rings. The van der Waals surface area contributed by atoms with E-state index in [1.54, 1.807) is 0 Å². The molecule has 1 amide bonds. The number of piperidine rings is 1. The predicted octanol–water partition coefficient (Wildman–Crippen LogP) is 1.39. The van der Waals surface area contributed by atoms with Crippen molar-refractivity contribution < 1.29 is 4.79 Å². The highest BCUT2D eigenvalue weighted by Gasteiger charge is 2.30. The van der Waals surface area contributed by atoms with Gasteiger partial charge in [0.15, 0.2) is 0 Å². The first-order chi connectivity index (χ1) is 7.31. The largest absolute Gasteiger partial charge is 0.339 e. The molecule has 0 bridgehead atoms. The van der Waals surface area contributed by atoms with Crippen molar-refractivity contribution in [2.75, 3.05) is 19.6 Å². The van der Waals surface area contributed by atoms with Crippen LogP contribution in [0, 0.1) is 5.92 Å². The van der Waals surface area contributed by atoms with E-state index in [2.05, 4.69) is 10.2 Å². The highest BCUT2D eigenvalue weighted by Crippen LogP contribution is 2.31. The van der Waals surface area contributed by atoms with E-state index < -0.39 is 0 Å². The van der Waals surface area contributed by atoms with Gasteiger partial charge < -0.3 is 10.2 Å². The number of nitrogens with one attached hydrogen (secondary N) is 1. The monoisotopic (exact) mass is 210 g/mol. The van der Waals surface area contributed by atoms with E-state index in [9.17, 15) is 4.79 Å². The van der Waals surface area contributed by atoms with Crippen LogP contribution >= 0.6 is 0 Å². The van der Waals surface area contributed by atoms with E-state index in [0.717, 1.165) is 38.4 Å². The van der Waals surface area contributed by atoms with Crippen molar-refractivity contribution in [1.82, 2.24) is 10.2 Å². The van der Waals surface area contributed by atoms with Gasteiger partial charge in [0, 0.05) is 19.0 Å². The molecule has 86 valence electrons. The summed E-state index contributed by atoms with van der Waals surface area (Å²) in [6.07, 6.45) is 5.60. The molecule has 1 saturated carbocycles. The van der Waals surface area contributed by atoms with Gasteiger partial charge in [-0.3, -0.25) is 4.79 Å². The highest BCUT2D eigenvalue weighted by molar-refractivity contribution is 5.76. The van der Waals surface area contributed by atoms with Gasteiger partial charge in [-0.25, -0.2) is 0 Å². The molecule has 0 aromatic heterocycles. The standard InChI is InChI=1S/C12H22N2O/c1-2-12(15)14(9-10-3-4-10)11-5-7-13-8-6-11/h10-11,13H,2-9H2,1H3. The van der Waals surface area contributed by atoms with Crippen LogP contribution in [0.1, 0.15) is 39.0 Å². The van der Waals surface area contributed by atoms with E-state index in [-0.39, 0.29) is 0 Å². The van der Waals surface area contributed by atoms with Crippen LogP contribution in [0.4, 0.5) is 0 Å². The summed E-state index contributed by atoms with van der Waals surface area (Å²) in [5, 5.41) is 3.36. The Bertz CT molecular complexity index is 220. The maximum atomic E-state index is 11.9. The molecular weight excluding hydrogens is 188 g/mol. The van der Waals surface area contributed by atoms with Crippen LogP contribution in [-0.2, 0) is 4.79 Å². The van der Waals surface area contributed by atoms with E-state index in [1.807, 2.05) is 6.92 Å². The average Bonchev–Trinajstić information content (AvgIpc) is 3.10. The summed E-state index contributed by atoms with van der Waals surface area (Å²) >= 11 is 0. The normalized spacial score (nSPS) is 22.7. The van der Waals surface area contributed by atoms with E-state index in [4.69, 9.17) is 0 Å². The van der Waals surface area contributed by atoms with Crippen LogP contribution in [0.5, 0.6) is 0 Å². The Kier molecular flexibility index (Phi) is 3.62. The Balaban J connectivity index is 1.92. The van der Waals surface area contributed by atoms with Crippen LogP contribution in [0.15, 0.2) is 0 Å². The Morgan fingerprint density at radius 2 is 1.93 bits per heavy atom. The van der Waals surface area contributed by atoms with Crippen molar-refractivity contribution in [2.24, 2.45) is 5.92 Å². The number of hydrogen-bond acceptors (Lipinski definition) is 2. The molecule has 3 nitrogen and oxygen atoms in total. The van der Waals surface area contributed by atoms with Crippen molar-refractivity contribution in [1.29, 1.82) is 0 Å². The Morgan fingerprint density at radius 3 is 2.47 bits per heavy atom. The van der Waals surface area contributed by atoms with Crippen molar-refractivity contribution in [3.63, 3.8) is 0 Å². The molecule has 0 unspecified atom stereocenters. The molecule has 2 fully saturated rings. The summed E-state index contributed by atoms with van der Waals surface area (Å²) in [7, 11) is 0. The molecule has 15 heavy (non-hydrogen) atoms. The van der Waals surface area contributed by atoms with Gasteiger partial charge in [-0.05, 0) is 44.7 Å². The van der Waals surface area contributed by atoms with Gasteiger partial charge in [0.2, 0.25) is 5.91 Å². The molecule has 1 aliphatic heterocycles. The SMILES string of the molecule is CCC(=O)N(CC1CC1)C1CCNCC1. The second-order valence-corrected chi connectivity index (χ2v) is 4.82. The lowest BCUT2D eigenvalue weighted by Crippen LogP contribution is -2.46. The topological polar surface area (TPSA) is 32.3 Å². The lowest BCUT2D eigenvalue weighted by molar-refractivity contribution is -0.134. The van der Waals surface area contributed by atoms with Crippen LogP contribution in [0.25, 0.3) is 0 Å². The van der Waals surface area contributed by atoms with Crippen molar-refractivity contribution >= 4 is 5.91 Å². The number of hydrogen-bond donors (Lipinski definition) is 1. The summed E-state index contributed by atoms with van der Waals surface area (Å²) in [6.45, 7) is 5.15. The lowest BCUT2D eigenvalue weighted by Gasteiger charge is -2.34. The fourth-order valence-corrected chi connectivity index (χ4v) is 2.35. The minimum Gasteiger partial charge on any atom is -0.339 e. The molecule has 3 heteroatoms. The molecule has 1 saturated heterocycles. The van der Waals surface area contributed by atoms with Crippen molar-refractivity contribution in [3.05, 3.63) is 0 Å². The highest BCUT2D eigenvalue weighted by atomic mass is 16.2. The van der Waals surface area contributed by atoms with E-state index in [1.165, 1.54) is 12.8 Å². The van der Waals surface area contributed by atoms with Gasteiger partial charge in [-0.2, -0.15) is 0 Å². The second-order valence-electron chi connectivity index (χ2n) is 4.82. The number of amides is 1. The van der Waals surface area contributed by atoms with Crippen molar-refractivity contribution in [2.45, 2.75) is 45.1 Å². The molecule has 2 rings (SSSR count). The Labute approximate surface area is 92.2 Å². The summed E-state index contributed by atoms with van der Waals surface area (Å²) < 4.78 is 0. The fraction of sp³-hybridized carbons (Fsp3) is 0.917. The Hall–Kier alpha value is -0.570. The average molecular weight is 210 g/mol. The quantitative estimate of drug-likeness (QED) is 0.760. The predicted molar refractivity (Wildman–Crippen MR) is 60.6 cm³/mol. The minimum atomic E-state index is 0.355. The molecular formula is C12H22N2O. The van der Waals surface area contributed by atoms with Gasteiger partial charge in [0.1, 0.15) is 0 Å². The van der Waals surface area contributed by atoms with Crippen LogP contribution < -0.4 is 5.32 Å². The molecule has 1 aliphatic carbocycles. The number of nitrogens with zero attached hydrogens (tertiary/aromatic N) is 1. The smallest absolute Gasteiger partial charge is 0.222 e. The summed E-state index contributed by atoms with van der Waals surface area (Å²) in [4.78, 5) is 14.0. The third-order valence-corrected chi connectivity index (χ3v) is 3.52. The van der Waals surface area contributed by atoms with E-state index in [0.29, 0.717) is 18.4 Å². The van der Waals surface area contributed by atoms with E-state index >= 15 is 0 Å². The number of carbonyl (C=O) groups excluding carboxylic acids is 1. The zero-order valence-electron chi connectivity index (χ0n) is 9.67. The zero-order chi connectivity index (χ0) is 10.7. The maximum absolute atomic E-state index is 11.9. The maximum Gasteiger partial charge on any atom is 0.222 e. The molecule has 0 atom stereocenters. The van der Waals surface area contributed by atoms with Gasteiger partial charge in [-0.1, -0.05) is 6.92 Å². The second kappa shape index (κ2) is 4.97. The lowest BCUT2D eigenvalue weighted by atomic mass is 10.0. The molecule has 1 N–H and O–H groups in total. The number of carbonyl (C=O) groups is 1. The molecule has 0 spiro atoms. The summed E-state index contributed by atoms with van der Waals surface area (Å²) in [5.74, 6) is 1.17. The number of rotatable bonds is 4. The molecule has 2 aliphatic rings. The third kappa shape index (κ3) is 2.94. The summed E-state index contributed by atoms with van der Waals surface area (Å²) in [5.41, 5.74) is 0. The zero-order valence-corrected chi connectivity index (χ0v) is 9.67. The fourth-order valence-electron chi connectivity index (χ4n) is 2.35. The van der Waals surface area contributed by atoms with Crippen LogP contribution in [0.3, 0.4) is 0 Å². The minimum absolute atomic E-state index is 0.355. The van der Waals surface area contributed by atoms with Gasteiger partial charge in [0.05, 0.1) is 0 Å². The molecule has 0 aromatic carbocycles. The molecule has 1 heterocycles. The van der Waals surface area contributed by atoms with Crippen LogP contribution in [0.2, 0.25) is 0 Å². The van der Waals surface area contributed by atoms with Gasteiger partial charge in [-0.15, -0.1) is 0 Å². The first-order valence-electron chi connectivity index (χ1n) is 6.31. The van der Waals surface area contributed by atoms with Crippen LogP contribution in [-0.4, -0.2) is 36.5 Å².